The van der Waals surface area contributed by atoms with E-state index in [4.69, 9.17) is 15.7 Å². The number of aryl methyl sites for hydroxylation is 1. The molecule has 0 amide bonds. The Balaban J connectivity index is 1.35. The molecule has 3 heterocycles. The summed E-state index contributed by atoms with van der Waals surface area (Å²) in [5.74, 6) is 1.69. The zero-order chi connectivity index (χ0) is 28.3. The van der Waals surface area contributed by atoms with Gasteiger partial charge >= 0.3 is 0 Å². The standard InChI is InChI=1S/C37H31N5/c1-24-9-11-25(12-10-24)26-13-15-27(16-14-26)33-34(28-17-19-29(20-18-28)37(38)21-5-22-37)42-32-8-4-23-39-35(32)40-31-7-3-2-6-30(31)36(42)41-33/h2-4,6-20,23H,5,21-22,38H2,1H3,(H,39,40). The number of rotatable bonds is 4. The van der Waals surface area contributed by atoms with Crippen molar-refractivity contribution in [3.63, 3.8) is 0 Å². The van der Waals surface area contributed by atoms with Gasteiger partial charge in [-0.1, -0.05) is 90.5 Å². The van der Waals surface area contributed by atoms with Gasteiger partial charge in [0.2, 0.25) is 0 Å². The average Bonchev–Trinajstić information content (AvgIpc) is 3.35. The van der Waals surface area contributed by atoms with Crippen LogP contribution in [0.3, 0.4) is 0 Å². The van der Waals surface area contributed by atoms with Crippen molar-refractivity contribution in [3.05, 3.63) is 127 Å². The van der Waals surface area contributed by atoms with Gasteiger partial charge in [0.05, 0.1) is 22.8 Å². The summed E-state index contributed by atoms with van der Waals surface area (Å²) in [6.07, 6.45) is 5.09. The summed E-state index contributed by atoms with van der Waals surface area (Å²) < 4.78 is 2.26. The van der Waals surface area contributed by atoms with Crippen molar-refractivity contribution < 1.29 is 0 Å². The van der Waals surface area contributed by atoms with Crippen LogP contribution in [0.25, 0.3) is 50.7 Å². The quantitative estimate of drug-likeness (QED) is 0.232. The van der Waals surface area contributed by atoms with Crippen LogP contribution in [0.4, 0.5) is 11.5 Å². The maximum atomic E-state index is 6.70. The maximum Gasteiger partial charge on any atom is 0.154 e. The van der Waals surface area contributed by atoms with Crippen molar-refractivity contribution in [2.24, 2.45) is 5.73 Å². The predicted molar refractivity (Wildman–Crippen MR) is 171 cm³/mol. The average molecular weight is 546 g/mol. The van der Waals surface area contributed by atoms with Crippen molar-refractivity contribution in [2.75, 3.05) is 5.32 Å². The molecular weight excluding hydrogens is 514 g/mol. The number of hydrogen-bond acceptors (Lipinski definition) is 4. The molecule has 5 nitrogen and oxygen atoms in total. The summed E-state index contributed by atoms with van der Waals surface area (Å²) in [5, 5.41) is 3.56. The van der Waals surface area contributed by atoms with E-state index < -0.39 is 0 Å². The van der Waals surface area contributed by atoms with Gasteiger partial charge in [-0.05, 0) is 67.1 Å². The van der Waals surface area contributed by atoms with Crippen LogP contribution in [0.15, 0.2) is 115 Å². The van der Waals surface area contributed by atoms with E-state index in [-0.39, 0.29) is 5.54 Å². The third kappa shape index (κ3) is 3.97. The van der Waals surface area contributed by atoms with Crippen LogP contribution in [0, 0.1) is 6.92 Å². The van der Waals surface area contributed by atoms with Gasteiger partial charge in [0.25, 0.3) is 0 Å². The normalized spacial score (nSPS) is 14.5. The number of fused-ring (bicyclic) bond motifs is 5. The first-order valence-electron chi connectivity index (χ1n) is 14.6. The van der Waals surface area contributed by atoms with Crippen molar-refractivity contribution in [2.45, 2.75) is 31.7 Å². The molecule has 0 atom stereocenters. The van der Waals surface area contributed by atoms with Crippen molar-refractivity contribution >= 4 is 11.5 Å². The summed E-state index contributed by atoms with van der Waals surface area (Å²) >= 11 is 0. The number of pyridine rings is 1. The number of imidazole rings is 1. The van der Waals surface area contributed by atoms with Crippen LogP contribution in [0.5, 0.6) is 0 Å². The third-order valence-electron chi connectivity index (χ3n) is 8.85. The maximum absolute atomic E-state index is 6.70. The summed E-state index contributed by atoms with van der Waals surface area (Å²) in [4.78, 5) is 10.1. The van der Waals surface area contributed by atoms with Crippen LogP contribution in [0.2, 0.25) is 0 Å². The number of nitrogens with zero attached hydrogens (tertiary/aromatic N) is 3. The minimum atomic E-state index is -0.207. The fraction of sp³-hybridized carbons (Fsp3) is 0.135. The molecule has 0 bridgehead atoms. The third-order valence-corrected chi connectivity index (χ3v) is 8.85. The Labute approximate surface area is 245 Å². The first-order valence-corrected chi connectivity index (χ1v) is 14.6. The zero-order valence-corrected chi connectivity index (χ0v) is 23.5. The first kappa shape index (κ1) is 24.8. The molecule has 2 aliphatic rings. The molecule has 5 heteroatoms. The highest BCUT2D eigenvalue weighted by atomic mass is 15.2. The molecule has 6 aromatic rings. The highest BCUT2D eigenvalue weighted by molar-refractivity contribution is 5.91. The molecule has 2 aromatic heterocycles. The molecule has 1 aliphatic heterocycles. The van der Waals surface area contributed by atoms with E-state index >= 15 is 0 Å². The minimum absolute atomic E-state index is 0.207. The molecule has 3 N–H and O–H groups in total. The van der Waals surface area contributed by atoms with Crippen LogP contribution in [0.1, 0.15) is 30.4 Å². The van der Waals surface area contributed by atoms with Gasteiger partial charge in [0, 0.05) is 28.4 Å². The molecule has 1 saturated carbocycles. The fourth-order valence-electron chi connectivity index (χ4n) is 6.26. The first-order chi connectivity index (χ1) is 20.6. The molecule has 0 saturated heterocycles. The molecular formula is C37H31N5. The lowest BCUT2D eigenvalue weighted by Gasteiger charge is -2.38. The Bertz CT molecular complexity index is 1930. The van der Waals surface area contributed by atoms with E-state index in [9.17, 15) is 0 Å². The van der Waals surface area contributed by atoms with Gasteiger partial charge in [-0.15, -0.1) is 0 Å². The molecule has 8 rings (SSSR count). The van der Waals surface area contributed by atoms with E-state index in [0.29, 0.717) is 0 Å². The predicted octanol–water partition coefficient (Wildman–Crippen LogP) is 8.64. The Morgan fingerprint density at radius 1 is 0.738 bits per heavy atom. The SMILES string of the molecule is Cc1ccc(-c2ccc(-c3nc4n(c3-c3ccc(C5(N)CCC5)cc3)-c3cccnc3Nc3ccccc3-4)cc2)cc1. The topological polar surface area (TPSA) is 68.8 Å². The molecule has 1 aliphatic carbocycles. The number of aromatic nitrogens is 3. The van der Waals surface area contributed by atoms with Crippen molar-refractivity contribution in [3.8, 4) is 50.7 Å². The van der Waals surface area contributed by atoms with E-state index in [0.717, 1.165) is 63.9 Å². The lowest BCUT2D eigenvalue weighted by Crippen LogP contribution is -2.43. The Morgan fingerprint density at radius 3 is 2.12 bits per heavy atom. The van der Waals surface area contributed by atoms with Gasteiger partial charge < -0.3 is 11.1 Å². The highest BCUT2D eigenvalue weighted by Gasteiger charge is 2.34. The second-order valence-corrected chi connectivity index (χ2v) is 11.5. The molecule has 0 radical (unpaired) electrons. The summed E-state index contributed by atoms with van der Waals surface area (Å²) in [5.41, 5.74) is 18.4. The summed E-state index contributed by atoms with van der Waals surface area (Å²) in [6.45, 7) is 2.12. The lowest BCUT2D eigenvalue weighted by molar-refractivity contribution is 0.253. The Kier molecular flexibility index (Phi) is 5.62. The largest absolute Gasteiger partial charge is 0.338 e. The van der Waals surface area contributed by atoms with Crippen molar-refractivity contribution in [1.29, 1.82) is 0 Å². The van der Waals surface area contributed by atoms with Crippen LogP contribution >= 0.6 is 0 Å². The summed E-state index contributed by atoms with van der Waals surface area (Å²) in [7, 11) is 0. The van der Waals surface area contributed by atoms with Crippen LogP contribution in [-0.2, 0) is 5.54 Å². The van der Waals surface area contributed by atoms with Crippen molar-refractivity contribution in [1.82, 2.24) is 14.5 Å². The smallest absolute Gasteiger partial charge is 0.154 e. The number of nitrogens with two attached hydrogens (primary N) is 1. The van der Waals surface area contributed by atoms with Gasteiger partial charge in [0.15, 0.2) is 5.82 Å². The summed E-state index contributed by atoms with van der Waals surface area (Å²) in [6, 6.07) is 38.6. The van der Waals surface area contributed by atoms with E-state index in [1.165, 1.54) is 28.7 Å². The van der Waals surface area contributed by atoms with E-state index in [2.05, 4.69) is 114 Å². The lowest BCUT2D eigenvalue weighted by atomic mass is 9.72. The number of anilines is 2. The van der Waals surface area contributed by atoms with E-state index in [1.54, 1.807) is 0 Å². The number of para-hydroxylation sites is 1. The number of nitrogens with one attached hydrogen (secondary N) is 1. The fourth-order valence-corrected chi connectivity index (χ4v) is 6.26. The van der Waals surface area contributed by atoms with Crippen LogP contribution < -0.4 is 11.1 Å². The monoisotopic (exact) mass is 545 g/mol. The highest BCUT2D eigenvalue weighted by Crippen LogP contribution is 2.45. The van der Waals surface area contributed by atoms with E-state index in [1.807, 2.05) is 18.3 Å². The molecule has 204 valence electrons. The van der Waals surface area contributed by atoms with Gasteiger partial charge in [-0.3, -0.25) is 4.57 Å². The number of hydrogen-bond donors (Lipinski definition) is 2. The minimum Gasteiger partial charge on any atom is -0.338 e. The molecule has 0 spiro atoms. The second kappa shape index (κ2) is 9.54. The Morgan fingerprint density at radius 2 is 1.40 bits per heavy atom. The molecule has 0 unspecified atom stereocenters. The molecule has 42 heavy (non-hydrogen) atoms. The second-order valence-electron chi connectivity index (χ2n) is 11.5. The number of benzene rings is 4. The van der Waals surface area contributed by atoms with Gasteiger partial charge in [0.1, 0.15) is 5.82 Å². The molecule has 1 fully saturated rings. The van der Waals surface area contributed by atoms with Gasteiger partial charge in [-0.2, -0.15) is 0 Å². The van der Waals surface area contributed by atoms with Crippen LogP contribution in [-0.4, -0.2) is 14.5 Å². The zero-order valence-electron chi connectivity index (χ0n) is 23.5. The Hall–Kier alpha value is -5.00. The molecule has 4 aromatic carbocycles. The van der Waals surface area contributed by atoms with Gasteiger partial charge in [-0.25, -0.2) is 9.97 Å².